The van der Waals surface area contributed by atoms with Gasteiger partial charge in [0.05, 0.1) is 5.75 Å². The second kappa shape index (κ2) is 8.70. The normalized spacial score (nSPS) is 11.8. The first-order valence-corrected chi connectivity index (χ1v) is 11.6. The van der Waals surface area contributed by atoms with Crippen molar-refractivity contribution in [3.8, 4) is 11.5 Å². The van der Waals surface area contributed by atoms with Crippen LogP contribution in [0.1, 0.15) is 25.5 Å². The Morgan fingerprint density at radius 3 is 2.42 bits per heavy atom. The van der Waals surface area contributed by atoms with Crippen molar-refractivity contribution in [2.45, 2.75) is 30.8 Å². The summed E-state index contributed by atoms with van der Waals surface area (Å²) in [6, 6.07) is 12.2. The fraction of sp³-hybridized carbons (Fsp3) is 0.174. The van der Waals surface area contributed by atoms with E-state index in [0.717, 1.165) is 12.1 Å². The molecule has 4 rings (SSSR count). The first-order valence-electron chi connectivity index (χ1n) is 9.97. The third-order valence-electron chi connectivity index (χ3n) is 4.83. The summed E-state index contributed by atoms with van der Waals surface area (Å²) in [5, 5.41) is -0.0922. The lowest BCUT2D eigenvalue weighted by atomic mass is 10.2. The molecule has 0 fully saturated rings. The third-order valence-corrected chi connectivity index (χ3v) is 6.29. The monoisotopic (exact) mass is 471 g/mol. The van der Waals surface area contributed by atoms with Gasteiger partial charge in [-0.15, -0.1) is 0 Å². The van der Waals surface area contributed by atoms with Crippen LogP contribution in [0.2, 0.25) is 0 Å². The lowest BCUT2D eigenvalue weighted by molar-refractivity contribution is 0.425. The van der Waals surface area contributed by atoms with E-state index in [1.54, 1.807) is 44.2 Å². The van der Waals surface area contributed by atoms with Gasteiger partial charge in [-0.25, -0.2) is 22.2 Å². The van der Waals surface area contributed by atoms with Gasteiger partial charge < -0.3 is 4.74 Å². The predicted molar refractivity (Wildman–Crippen MR) is 118 cm³/mol. The van der Waals surface area contributed by atoms with Crippen molar-refractivity contribution in [3.63, 3.8) is 0 Å². The van der Waals surface area contributed by atoms with Crippen LogP contribution in [0.3, 0.4) is 0 Å². The predicted octanol–water partition coefficient (Wildman–Crippen LogP) is 4.42. The fourth-order valence-electron chi connectivity index (χ4n) is 3.32. The average molecular weight is 471 g/mol. The number of pyridine rings is 1. The van der Waals surface area contributed by atoms with Gasteiger partial charge in [-0.05, 0) is 37.6 Å². The Kier molecular flexibility index (Phi) is 5.94. The Morgan fingerprint density at radius 2 is 1.76 bits per heavy atom. The van der Waals surface area contributed by atoms with Crippen molar-refractivity contribution in [2.75, 3.05) is 0 Å². The number of ether oxygens (including phenoxy) is 1. The maximum atomic E-state index is 14.0. The highest BCUT2D eigenvalue weighted by atomic mass is 32.2. The molecule has 7 nitrogen and oxygen atoms in total. The molecule has 0 unspecified atom stereocenters. The van der Waals surface area contributed by atoms with Gasteiger partial charge >= 0.3 is 0 Å². The molecule has 0 saturated carbocycles. The summed E-state index contributed by atoms with van der Waals surface area (Å²) < 4.78 is 59.6. The van der Waals surface area contributed by atoms with Crippen LogP contribution in [0.15, 0.2) is 70.7 Å². The van der Waals surface area contributed by atoms with Crippen LogP contribution in [0, 0.1) is 11.6 Å². The molecule has 0 aliphatic heterocycles. The van der Waals surface area contributed by atoms with E-state index >= 15 is 0 Å². The van der Waals surface area contributed by atoms with Crippen molar-refractivity contribution < 1.29 is 21.9 Å². The Hall–Kier alpha value is -3.66. The molecule has 10 heteroatoms. The highest BCUT2D eigenvalue weighted by Crippen LogP contribution is 2.26. The van der Waals surface area contributed by atoms with Gasteiger partial charge in [0.15, 0.2) is 17.3 Å². The molecule has 0 aliphatic rings. The maximum Gasteiger partial charge on any atom is 0.295 e. The molecule has 2 aromatic heterocycles. The number of fused-ring (bicyclic) bond motifs is 1. The van der Waals surface area contributed by atoms with E-state index in [2.05, 4.69) is 9.97 Å². The standard InChI is InChI=1S/C23H19F2N3O4S/c1-14(2)28-21-16(10-20(22(28)29)32-19-9-8-17(24)11-18(19)25)12-26-23(27-21)33(30,31)13-15-6-4-3-5-7-15/h3-12,14H,13H2,1-2H3. The van der Waals surface area contributed by atoms with Gasteiger partial charge in [0.25, 0.3) is 5.56 Å². The Morgan fingerprint density at radius 1 is 1.03 bits per heavy atom. The van der Waals surface area contributed by atoms with Crippen LogP contribution in [0.4, 0.5) is 8.78 Å². The minimum atomic E-state index is -3.88. The number of rotatable bonds is 6. The van der Waals surface area contributed by atoms with E-state index in [9.17, 15) is 22.0 Å². The van der Waals surface area contributed by atoms with Gasteiger partial charge in [0, 0.05) is 23.7 Å². The van der Waals surface area contributed by atoms with E-state index in [0.29, 0.717) is 17.0 Å². The van der Waals surface area contributed by atoms with Gasteiger partial charge in [0.2, 0.25) is 15.0 Å². The number of hydrogen-bond donors (Lipinski definition) is 0. The molecular weight excluding hydrogens is 452 g/mol. The van der Waals surface area contributed by atoms with Crippen molar-refractivity contribution in [3.05, 3.63) is 88.3 Å². The topological polar surface area (TPSA) is 91.2 Å². The summed E-state index contributed by atoms with van der Waals surface area (Å²) in [7, 11) is -3.88. The first-order chi connectivity index (χ1) is 15.7. The summed E-state index contributed by atoms with van der Waals surface area (Å²) in [6.07, 6.45) is 1.27. The molecule has 2 heterocycles. The lowest BCUT2D eigenvalue weighted by Gasteiger charge is -2.16. The summed E-state index contributed by atoms with van der Waals surface area (Å²) in [4.78, 5) is 21.3. The number of aromatic nitrogens is 3. The summed E-state index contributed by atoms with van der Waals surface area (Å²) in [6.45, 7) is 3.42. The highest BCUT2D eigenvalue weighted by molar-refractivity contribution is 7.90. The highest BCUT2D eigenvalue weighted by Gasteiger charge is 2.22. The molecule has 0 spiro atoms. The van der Waals surface area contributed by atoms with Crippen LogP contribution in [-0.2, 0) is 15.6 Å². The molecule has 0 N–H and O–H groups in total. The van der Waals surface area contributed by atoms with Crippen LogP contribution < -0.4 is 10.3 Å². The van der Waals surface area contributed by atoms with E-state index in [1.165, 1.54) is 16.8 Å². The number of halogens is 2. The number of hydrogen-bond acceptors (Lipinski definition) is 6. The minimum absolute atomic E-state index is 0.101. The van der Waals surface area contributed by atoms with Gasteiger partial charge in [-0.2, -0.15) is 4.98 Å². The molecule has 0 amide bonds. The first kappa shape index (κ1) is 22.5. The van der Waals surface area contributed by atoms with Crippen molar-refractivity contribution in [2.24, 2.45) is 0 Å². The molecule has 0 atom stereocenters. The zero-order valence-corrected chi connectivity index (χ0v) is 18.5. The second-order valence-electron chi connectivity index (χ2n) is 7.63. The van der Waals surface area contributed by atoms with Crippen LogP contribution in [0.5, 0.6) is 11.5 Å². The van der Waals surface area contributed by atoms with Gasteiger partial charge in [-0.1, -0.05) is 30.3 Å². The largest absolute Gasteiger partial charge is 0.448 e. The van der Waals surface area contributed by atoms with Crippen LogP contribution in [-0.4, -0.2) is 23.0 Å². The number of sulfone groups is 1. The summed E-state index contributed by atoms with van der Waals surface area (Å²) >= 11 is 0. The molecule has 0 bridgehead atoms. The lowest BCUT2D eigenvalue weighted by Crippen LogP contribution is -2.25. The van der Waals surface area contributed by atoms with E-state index in [-0.39, 0.29) is 22.9 Å². The molecule has 2 aromatic carbocycles. The van der Waals surface area contributed by atoms with Crippen molar-refractivity contribution in [1.29, 1.82) is 0 Å². The molecule has 4 aromatic rings. The smallest absolute Gasteiger partial charge is 0.295 e. The molecule has 0 saturated heterocycles. The fourth-order valence-corrected chi connectivity index (χ4v) is 4.52. The van der Waals surface area contributed by atoms with Crippen molar-refractivity contribution >= 4 is 20.9 Å². The van der Waals surface area contributed by atoms with E-state index < -0.39 is 38.2 Å². The molecule has 0 aliphatic carbocycles. The molecular formula is C23H19F2N3O4S. The number of nitrogens with zero attached hydrogens (tertiary/aromatic N) is 3. The zero-order valence-electron chi connectivity index (χ0n) is 17.7. The maximum absolute atomic E-state index is 14.0. The second-order valence-corrected chi connectivity index (χ2v) is 9.51. The average Bonchev–Trinajstić information content (AvgIpc) is 2.76. The van der Waals surface area contributed by atoms with Crippen LogP contribution in [0.25, 0.3) is 11.0 Å². The number of benzene rings is 2. The molecule has 0 radical (unpaired) electrons. The molecule has 170 valence electrons. The van der Waals surface area contributed by atoms with Crippen molar-refractivity contribution in [1.82, 2.24) is 14.5 Å². The van der Waals surface area contributed by atoms with E-state index in [1.807, 2.05) is 0 Å². The Labute approximate surface area is 188 Å². The Balaban J connectivity index is 1.81. The van der Waals surface area contributed by atoms with Gasteiger partial charge in [0.1, 0.15) is 11.5 Å². The molecule has 33 heavy (non-hydrogen) atoms. The van der Waals surface area contributed by atoms with E-state index in [4.69, 9.17) is 4.74 Å². The SMILES string of the molecule is CC(C)n1c(=O)c(Oc2ccc(F)cc2F)cc2cnc(S(=O)(=O)Cc3ccccc3)nc21. The summed E-state index contributed by atoms with van der Waals surface area (Å²) in [5.41, 5.74) is 0.0300. The Bertz CT molecular complexity index is 1500. The third kappa shape index (κ3) is 4.61. The minimum Gasteiger partial charge on any atom is -0.448 e. The van der Waals surface area contributed by atoms with Gasteiger partial charge in [-0.3, -0.25) is 9.36 Å². The van der Waals surface area contributed by atoms with Crippen LogP contribution >= 0.6 is 0 Å². The zero-order chi connectivity index (χ0) is 23.8. The summed E-state index contributed by atoms with van der Waals surface area (Å²) in [5.74, 6) is -2.60. The quantitative estimate of drug-likeness (QED) is 0.387.